The molecule has 0 spiro atoms. The molecule has 1 N–H and O–H groups in total. The molecule has 0 saturated carbocycles. The molecular formula is C19H25N7O2S. The molecule has 1 saturated heterocycles. The van der Waals surface area contributed by atoms with E-state index in [9.17, 15) is 9.59 Å². The predicted molar refractivity (Wildman–Crippen MR) is 114 cm³/mol. The van der Waals surface area contributed by atoms with Gasteiger partial charge in [0.15, 0.2) is 16.3 Å². The van der Waals surface area contributed by atoms with Crippen molar-refractivity contribution in [2.75, 3.05) is 23.7 Å². The van der Waals surface area contributed by atoms with Gasteiger partial charge in [-0.2, -0.15) is 4.98 Å². The van der Waals surface area contributed by atoms with Gasteiger partial charge in [-0.1, -0.05) is 25.6 Å². The van der Waals surface area contributed by atoms with Gasteiger partial charge in [0.05, 0.1) is 0 Å². The van der Waals surface area contributed by atoms with Crippen LogP contribution in [0.5, 0.6) is 0 Å². The highest BCUT2D eigenvalue weighted by atomic mass is 32.2. The van der Waals surface area contributed by atoms with E-state index in [1.165, 1.54) is 22.7 Å². The van der Waals surface area contributed by atoms with E-state index in [4.69, 9.17) is 4.98 Å². The van der Waals surface area contributed by atoms with E-state index in [-0.39, 0.29) is 0 Å². The second-order valence-corrected chi connectivity index (χ2v) is 8.85. The van der Waals surface area contributed by atoms with Crippen molar-refractivity contribution in [1.82, 2.24) is 29.1 Å². The quantitative estimate of drug-likeness (QED) is 0.497. The van der Waals surface area contributed by atoms with Crippen molar-refractivity contribution in [2.45, 2.75) is 32.0 Å². The van der Waals surface area contributed by atoms with Gasteiger partial charge in [-0.3, -0.25) is 14.3 Å². The molecule has 154 valence electrons. The molecule has 1 fully saturated rings. The Morgan fingerprint density at radius 3 is 2.55 bits per heavy atom. The Kier molecular flexibility index (Phi) is 5.44. The second kappa shape index (κ2) is 8.02. The van der Waals surface area contributed by atoms with Crippen molar-refractivity contribution in [3.63, 3.8) is 0 Å². The Balaban J connectivity index is 1.74. The Morgan fingerprint density at radius 1 is 1.17 bits per heavy atom. The van der Waals surface area contributed by atoms with Crippen LogP contribution in [0.4, 0.5) is 5.95 Å². The molecule has 3 aromatic rings. The number of aromatic nitrogens is 6. The molecule has 4 heterocycles. The van der Waals surface area contributed by atoms with Crippen LogP contribution in [-0.2, 0) is 13.6 Å². The molecule has 0 aliphatic carbocycles. The van der Waals surface area contributed by atoms with Crippen LogP contribution in [0.3, 0.4) is 0 Å². The minimum atomic E-state index is -0.453. The van der Waals surface area contributed by atoms with E-state index in [1.54, 1.807) is 25.5 Å². The maximum absolute atomic E-state index is 12.7. The second-order valence-electron chi connectivity index (χ2n) is 7.78. The van der Waals surface area contributed by atoms with Gasteiger partial charge in [-0.25, -0.2) is 14.8 Å². The lowest BCUT2D eigenvalue weighted by Crippen LogP contribution is -2.40. The van der Waals surface area contributed by atoms with Gasteiger partial charge in [0.1, 0.15) is 0 Å². The zero-order valence-corrected chi connectivity index (χ0v) is 17.6. The zero-order chi connectivity index (χ0) is 20.5. The molecule has 0 bridgehead atoms. The van der Waals surface area contributed by atoms with E-state index in [0.717, 1.165) is 19.0 Å². The van der Waals surface area contributed by atoms with Gasteiger partial charge < -0.3 is 9.47 Å². The van der Waals surface area contributed by atoms with Crippen molar-refractivity contribution in [3.8, 4) is 0 Å². The van der Waals surface area contributed by atoms with Crippen molar-refractivity contribution in [2.24, 2.45) is 18.9 Å². The lowest BCUT2D eigenvalue weighted by atomic mass is 9.92. The molecule has 10 heteroatoms. The van der Waals surface area contributed by atoms with Crippen molar-refractivity contribution in [3.05, 3.63) is 39.3 Å². The first-order chi connectivity index (χ1) is 13.9. The summed E-state index contributed by atoms with van der Waals surface area (Å²) >= 11 is 1.53. The molecule has 9 nitrogen and oxygen atoms in total. The van der Waals surface area contributed by atoms with Crippen molar-refractivity contribution in [1.29, 1.82) is 0 Å². The first kappa shape index (κ1) is 19.7. The number of H-pyrrole nitrogens is 1. The Labute approximate surface area is 172 Å². The number of nitrogens with zero attached hydrogens (tertiary/aromatic N) is 6. The molecule has 1 aliphatic rings. The van der Waals surface area contributed by atoms with Crippen molar-refractivity contribution < 1.29 is 0 Å². The van der Waals surface area contributed by atoms with Gasteiger partial charge in [-0.15, -0.1) is 0 Å². The highest BCUT2D eigenvalue weighted by Crippen LogP contribution is 2.28. The third-order valence-electron chi connectivity index (χ3n) is 5.23. The van der Waals surface area contributed by atoms with Crippen LogP contribution < -0.4 is 16.1 Å². The lowest BCUT2D eigenvalue weighted by Gasteiger charge is -2.35. The number of anilines is 1. The van der Waals surface area contributed by atoms with E-state index in [0.29, 0.717) is 40.5 Å². The molecule has 0 aromatic carbocycles. The largest absolute Gasteiger partial charge is 0.342 e. The smallest absolute Gasteiger partial charge is 0.329 e. The molecule has 2 atom stereocenters. The van der Waals surface area contributed by atoms with E-state index in [1.807, 2.05) is 4.57 Å². The van der Waals surface area contributed by atoms with E-state index < -0.39 is 11.2 Å². The number of hydrogen-bond donors (Lipinski definition) is 1. The summed E-state index contributed by atoms with van der Waals surface area (Å²) in [4.78, 5) is 42.6. The fraction of sp³-hybridized carbons (Fsp3) is 0.526. The van der Waals surface area contributed by atoms with Crippen LogP contribution in [-0.4, -0.2) is 47.9 Å². The third kappa shape index (κ3) is 3.93. The number of piperidine rings is 1. The molecule has 1 aliphatic heterocycles. The maximum atomic E-state index is 12.7. The van der Waals surface area contributed by atoms with E-state index >= 15 is 0 Å². The summed E-state index contributed by atoms with van der Waals surface area (Å²) < 4.78 is 3.34. The Bertz CT molecular complexity index is 1110. The number of nitrogens with one attached hydrogen (secondary N) is 1. The van der Waals surface area contributed by atoms with E-state index in [2.05, 4.69) is 33.7 Å². The molecule has 3 aromatic heterocycles. The summed E-state index contributed by atoms with van der Waals surface area (Å²) in [5.74, 6) is 2.52. The first-order valence-electron chi connectivity index (χ1n) is 9.78. The number of aryl methyl sites for hydroxylation is 2. The van der Waals surface area contributed by atoms with Crippen LogP contribution in [0.15, 0.2) is 33.2 Å². The Morgan fingerprint density at radius 2 is 1.86 bits per heavy atom. The van der Waals surface area contributed by atoms with Crippen LogP contribution in [0.25, 0.3) is 11.2 Å². The minimum Gasteiger partial charge on any atom is -0.342 e. The number of aromatic amines is 1. The highest BCUT2D eigenvalue weighted by Gasteiger charge is 2.27. The number of fused-ring (bicyclic) bond motifs is 1. The summed E-state index contributed by atoms with van der Waals surface area (Å²) in [6.45, 7) is 6.81. The molecule has 0 radical (unpaired) electrons. The predicted octanol–water partition coefficient (Wildman–Crippen LogP) is 1.49. The number of imidazole rings is 1. The highest BCUT2D eigenvalue weighted by molar-refractivity contribution is 7.99. The number of rotatable bonds is 5. The molecule has 29 heavy (non-hydrogen) atoms. The lowest BCUT2D eigenvalue weighted by molar-refractivity contribution is 0.352. The van der Waals surface area contributed by atoms with Gasteiger partial charge in [0, 0.05) is 44.8 Å². The van der Waals surface area contributed by atoms with Crippen LogP contribution in [0.1, 0.15) is 20.3 Å². The topological polar surface area (TPSA) is 102 Å². The Hall–Kier alpha value is -2.62. The molecule has 0 amide bonds. The average Bonchev–Trinajstić information content (AvgIpc) is 3.07. The summed E-state index contributed by atoms with van der Waals surface area (Å²) in [7, 11) is 1.63. The average molecular weight is 416 g/mol. The van der Waals surface area contributed by atoms with Crippen LogP contribution in [0.2, 0.25) is 0 Å². The fourth-order valence-corrected chi connectivity index (χ4v) is 4.82. The summed E-state index contributed by atoms with van der Waals surface area (Å²) in [6.07, 6.45) is 4.60. The van der Waals surface area contributed by atoms with Crippen LogP contribution >= 0.6 is 11.8 Å². The van der Waals surface area contributed by atoms with Gasteiger partial charge in [0.25, 0.3) is 5.56 Å². The van der Waals surface area contributed by atoms with Gasteiger partial charge in [-0.05, 0) is 24.3 Å². The fourth-order valence-electron chi connectivity index (χ4n) is 4.09. The summed E-state index contributed by atoms with van der Waals surface area (Å²) in [5.41, 5.74) is -0.00444. The number of thioether (sulfide) groups is 1. The molecule has 4 rings (SSSR count). The molecular weight excluding hydrogens is 390 g/mol. The monoisotopic (exact) mass is 415 g/mol. The normalized spacial score (nSPS) is 19.8. The standard InChI is InChI=1S/C19H25N7O2S/c1-12-9-13(2)11-25(10-12)18-22-15-14(16(27)23-19(28)24(15)3)26(18)7-8-29-17-20-5-4-6-21-17/h4-6,12-13H,7-11H2,1-3H3,(H,23,27,28)/t12-,13-/m0/s1. The minimum absolute atomic E-state index is 0.402. The van der Waals surface area contributed by atoms with Gasteiger partial charge in [0.2, 0.25) is 5.95 Å². The van der Waals surface area contributed by atoms with Crippen LogP contribution in [0, 0.1) is 11.8 Å². The SMILES string of the molecule is C[C@H]1C[C@H](C)CN(c2nc3c(c(=O)[nH]c(=O)n3C)n2CCSc2ncccn2)C1. The zero-order valence-electron chi connectivity index (χ0n) is 16.8. The summed E-state index contributed by atoms with van der Waals surface area (Å²) in [6, 6.07) is 1.78. The maximum Gasteiger partial charge on any atom is 0.329 e. The summed E-state index contributed by atoms with van der Waals surface area (Å²) in [5, 5.41) is 0.694. The van der Waals surface area contributed by atoms with Gasteiger partial charge >= 0.3 is 5.69 Å². The number of hydrogen-bond acceptors (Lipinski definition) is 7. The van der Waals surface area contributed by atoms with Crippen molar-refractivity contribution >= 4 is 28.9 Å². The third-order valence-corrected chi connectivity index (χ3v) is 6.08. The molecule has 0 unspecified atom stereocenters. The first-order valence-corrected chi connectivity index (χ1v) is 10.8.